The molecule has 0 spiro atoms. The van der Waals surface area contributed by atoms with Crippen molar-refractivity contribution in [1.29, 1.82) is 0 Å². The highest BCUT2D eigenvalue weighted by atomic mass is 16.5. The number of amides is 1. The molecule has 1 aromatic carbocycles. The first kappa shape index (κ1) is 15.7. The van der Waals surface area contributed by atoms with Crippen LogP contribution in [0, 0.1) is 11.8 Å². The van der Waals surface area contributed by atoms with Crippen molar-refractivity contribution in [3.63, 3.8) is 0 Å². The van der Waals surface area contributed by atoms with E-state index in [0.717, 1.165) is 0 Å². The Morgan fingerprint density at radius 3 is 2.25 bits per heavy atom. The molecule has 0 radical (unpaired) electrons. The molecule has 0 saturated heterocycles. The van der Waals surface area contributed by atoms with Crippen LogP contribution in [0.4, 0.5) is 0 Å². The van der Waals surface area contributed by atoms with E-state index in [-0.39, 0.29) is 5.91 Å². The largest absolute Gasteiger partial charge is 0.496 e. The third kappa shape index (κ3) is 3.82. The Hall–Kier alpha value is -2.35. The average molecular weight is 277 g/mol. The molecule has 5 nitrogen and oxygen atoms in total. The zero-order valence-electron chi connectivity index (χ0n) is 12.2. The van der Waals surface area contributed by atoms with E-state index in [1.807, 2.05) is 0 Å². The van der Waals surface area contributed by atoms with Gasteiger partial charge in [-0.05, 0) is 6.92 Å². The number of carbonyl (C=O) groups excluding carboxylic acids is 1. The summed E-state index contributed by atoms with van der Waals surface area (Å²) in [5.74, 6) is 6.85. The lowest BCUT2D eigenvalue weighted by Gasteiger charge is -2.13. The highest BCUT2D eigenvalue weighted by Gasteiger charge is 2.17. The van der Waals surface area contributed by atoms with Crippen LogP contribution in [0.25, 0.3) is 0 Å². The monoisotopic (exact) mass is 277 g/mol. The van der Waals surface area contributed by atoms with Gasteiger partial charge in [-0.15, -0.1) is 11.8 Å². The Kier molecular flexibility index (Phi) is 6.24. The fourth-order valence-electron chi connectivity index (χ4n) is 1.67. The SMILES string of the molecule is CC#CCCNC(=O)c1cc(OC)c(OC)cc1OC. The number of rotatable bonds is 6. The quantitative estimate of drug-likeness (QED) is 0.637. The Labute approximate surface area is 119 Å². The maximum absolute atomic E-state index is 12.1. The molecule has 0 unspecified atom stereocenters. The standard InChI is InChI=1S/C15H19NO4/c1-5-6-7-8-16-15(17)11-9-13(19-3)14(20-4)10-12(11)18-2/h9-10H,7-8H2,1-4H3,(H,16,17). The molecule has 20 heavy (non-hydrogen) atoms. The molecule has 1 N–H and O–H groups in total. The molecule has 1 rings (SSSR count). The van der Waals surface area contributed by atoms with Crippen LogP contribution < -0.4 is 19.5 Å². The van der Waals surface area contributed by atoms with Crippen LogP contribution >= 0.6 is 0 Å². The first-order valence-corrected chi connectivity index (χ1v) is 6.15. The van der Waals surface area contributed by atoms with Crippen LogP contribution in [0.5, 0.6) is 17.2 Å². The van der Waals surface area contributed by atoms with Crippen molar-refractivity contribution < 1.29 is 19.0 Å². The highest BCUT2D eigenvalue weighted by Crippen LogP contribution is 2.34. The number of ether oxygens (including phenoxy) is 3. The predicted molar refractivity (Wildman–Crippen MR) is 76.5 cm³/mol. The Bertz CT molecular complexity index is 529. The minimum absolute atomic E-state index is 0.235. The van der Waals surface area contributed by atoms with Crippen LogP contribution in [0.1, 0.15) is 23.7 Å². The molecule has 0 atom stereocenters. The third-order valence-electron chi connectivity index (χ3n) is 2.66. The van der Waals surface area contributed by atoms with Gasteiger partial charge in [0.15, 0.2) is 11.5 Å². The van der Waals surface area contributed by atoms with Crippen molar-refractivity contribution in [2.75, 3.05) is 27.9 Å². The summed E-state index contributed by atoms with van der Waals surface area (Å²) in [5, 5.41) is 2.78. The molecule has 0 bridgehead atoms. The molecular formula is C15H19NO4. The molecule has 0 heterocycles. The second-order valence-corrected chi connectivity index (χ2v) is 3.84. The van der Waals surface area contributed by atoms with Gasteiger partial charge in [0.25, 0.3) is 5.91 Å². The summed E-state index contributed by atoms with van der Waals surface area (Å²) in [6.45, 7) is 2.25. The molecule has 0 aliphatic rings. The summed E-state index contributed by atoms with van der Waals surface area (Å²) < 4.78 is 15.6. The van der Waals surface area contributed by atoms with Crippen LogP contribution in [0.2, 0.25) is 0 Å². The van der Waals surface area contributed by atoms with Crippen molar-refractivity contribution in [2.24, 2.45) is 0 Å². The highest BCUT2D eigenvalue weighted by molar-refractivity contribution is 5.97. The van der Waals surface area contributed by atoms with E-state index in [0.29, 0.717) is 35.8 Å². The van der Waals surface area contributed by atoms with E-state index in [1.165, 1.54) is 21.3 Å². The van der Waals surface area contributed by atoms with Gasteiger partial charge < -0.3 is 19.5 Å². The second kappa shape index (κ2) is 7.95. The molecule has 5 heteroatoms. The number of benzene rings is 1. The third-order valence-corrected chi connectivity index (χ3v) is 2.66. The molecule has 1 aromatic rings. The Morgan fingerprint density at radius 1 is 1.10 bits per heavy atom. The van der Waals surface area contributed by atoms with Gasteiger partial charge in [-0.25, -0.2) is 0 Å². The minimum Gasteiger partial charge on any atom is -0.496 e. The fraction of sp³-hybridized carbons (Fsp3) is 0.400. The van der Waals surface area contributed by atoms with E-state index < -0.39 is 0 Å². The molecule has 0 aliphatic heterocycles. The summed E-state index contributed by atoms with van der Waals surface area (Å²) in [5.41, 5.74) is 0.398. The molecule has 0 aromatic heterocycles. The number of carbonyl (C=O) groups is 1. The van der Waals surface area contributed by atoms with Gasteiger partial charge in [0, 0.05) is 25.1 Å². The van der Waals surface area contributed by atoms with Gasteiger partial charge in [-0.1, -0.05) is 0 Å². The Balaban J connectivity index is 2.96. The summed E-state index contributed by atoms with van der Waals surface area (Å²) in [7, 11) is 4.55. The van der Waals surface area contributed by atoms with E-state index in [9.17, 15) is 4.79 Å². The van der Waals surface area contributed by atoms with Crippen molar-refractivity contribution >= 4 is 5.91 Å². The average Bonchev–Trinajstić information content (AvgIpc) is 2.49. The van der Waals surface area contributed by atoms with Crippen molar-refractivity contribution in [2.45, 2.75) is 13.3 Å². The van der Waals surface area contributed by atoms with Crippen LogP contribution in [-0.4, -0.2) is 33.8 Å². The first-order valence-electron chi connectivity index (χ1n) is 6.15. The Morgan fingerprint density at radius 2 is 1.70 bits per heavy atom. The lowest BCUT2D eigenvalue weighted by molar-refractivity contribution is 0.0951. The van der Waals surface area contributed by atoms with Gasteiger partial charge in [-0.3, -0.25) is 4.79 Å². The van der Waals surface area contributed by atoms with E-state index >= 15 is 0 Å². The maximum atomic E-state index is 12.1. The second-order valence-electron chi connectivity index (χ2n) is 3.84. The van der Waals surface area contributed by atoms with Gasteiger partial charge in [0.1, 0.15) is 5.75 Å². The zero-order valence-corrected chi connectivity index (χ0v) is 12.2. The number of hydrogen-bond donors (Lipinski definition) is 1. The van der Waals surface area contributed by atoms with E-state index in [1.54, 1.807) is 19.1 Å². The first-order chi connectivity index (χ1) is 9.67. The van der Waals surface area contributed by atoms with Gasteiger partial charge in [0.05, 0.1) is 26.9 Å². The van der Waals surface area contributed by atoms with Crippen LogP contribution in [0.15, 0.2) is 12.1 Å². The zero-order chi connectivity index (χ0) is 15.0. The summed E-state index contributed by atoms with van der Waals surface area (Å²) in [4.78, 5) is 12.1. The predicted octanol–water partition coefficient (Wildman–Crippen LogP) is 1.86. The number of nitrogens with one attached hydrogen (secondary N) is 1. The molecule has 0 fully saturated rings. The molecule has 0 saturated carbocycles. The number of hydrogen-bond acceptors (Lipinski definition) is 4. The topological polar surface area (TPSA) is 56.8 Å². The van der Waals surface area contributed by atoms with Crippen molar-refractivity contribution in [3.05, 3.63) is 17.7 Å². The summed E-state index contributed by atoms with van der Waals surface area (Å²) in [6, 6.07) is 3.22. The van der Waals surface area contributed by atoms with Gasteiger partial charge >= 0.3 is 0 Å². The fourth-order valence-corrected chi connectivity index (χ4v) is 1.67. The van der Waals surface area contributed by atoms with Gasteiger partial charge in [-0.2, -0.15) is 0 Å². The van der Waals surface area contributed by atoms with Crippen LogP contribution in [-0.2, 0) is 0 Å². The normalized spacial score (nSPS) is 9.20. The summed E-state index contributed by atoms with van der Waals surface area (Å²) >= 11 is 0. The lowest BCUT2D eigenvalue weighted by Crippen LogP contribution is -2.24. The van der Waals surface area contributed by atoms with Crippen LogP contribution in [0.3, 0.4) is 0 Å². The van der Waals surface area contributed by atoms with E-state index in [2.05, 4.69) is 17.2 Å². The number of methoxy groups -OCH3 is 3. The van der Waals surface area contributed by atoms with Crippen molar-refractivity contribution in [3.8, 4) is 29.1 Å². The molecule has 108 valence electrons. The minimum atomic E-state index is -0.235. The van der Waals surface area contributed by atoms with E-state index in [4.69, 9.17) is 14.2 Å². The van der Waals surface area contributed by atoms with Crippen molar-refractivity contribution in [1.82, 2.24) is 5.32 Å². The molecular weight excluding hydrogens is 258 g/mol. The lowest BCUT2D eigenvalue weighted by atomic mass is 10.1. The van der Waals surface area contributed by atoms with Gasteiger partial charge in [0.2, 0.25) is 0 Å². The summed E-state index contributed by atoms with van der Waals surface area (Å²) in [6.07, 6.45) is 0.609. The smallest absolute Gasteiger partial charge is 0.255 e. The molecule has 1 amide bonds. The molecule has 0 aliphatic carbocycles. The maximum Gasteiger partial charge on any atom is 0.255 e.